The fourth-order valence-electron chi connectivity index (χ4n) is 4.42. The van der Waals surface area contributed by atoms with Crippen LogP contribution < -0.4 is 15.0 Å². The first-order valence-electron chi connectivity index (χ1n) is 10.8. The third-order valence-corrected chi connectivity index (χ3v) is 6.09. The zero-order chi connectivity index (χ0) is 22.3. The lowest BCUT2D eigenvalue weighted by atomic mass is 9.84. The number of carbonyl (C=O) groups is 1. The van der Waals surface area contributed by atoms with E-state index in [1.807, 2.05) is 12.1 Å². The molecule has 1 amide bonds. The molecule has 6 nitrogen and oxygen atoms in total. The molecule has 170 valence electrons. The van der Waals surface area contributed by atoms with Gasteiger partial charge in [-0.3, -0.25) is 9.69 Å². The van der Waals surface area contributed by atoms with Crippen molar-refractivity contribution in [2.45, 2.75) is 50.9 Å². The standard InChI is InChI=1S/C22H29F3N4O2/c23-22(24,25)31-20-3-1-2-19(16-20)29-14-12-28(13-15-29)11-9-17-4-6-18(7-5-17)27-21(30)8-10-26/h1-3,16-18H,4-9,11-15H2,(H,27,30)/t17-,18-. The van der Waals surface area contributed by atoms with Crippen LogP contribution >= 0.6 is 0 Å². The number of ether oxygens (including phenoxy) is 1. The van der Waals surface area contributed by atoms with Gasteiger partial charge >= 0.3 is 6.36 Å². The maximum Gasteiger partial charge on any atom is 0.573 e. The number of hydrogen-bond donors (Lipinski definition) is 1. The molecule has 1 aliphatic carbocycles. The van der Waals surface area contributed by atoms with Gasteiger partial charge in [0.2, 0.25) is 5.91 Å². The smallest absolute Gasteiger partial charge is 0.406 e. The molecule has 0 spiro atoms. The van der Waals surface area contributed by atoms with Crippen molar-refractivity contribution in [3.05, 3.63) is 24.3 Å². The number of benzene rings is 1. The van der Waals surface area contributed by atoms with Gasteiger partial charge in [-0.25, -0.2) is 0 Å². The van der Waals surface area contributed by atoms with E-state index in [4.69, 9.17) is 5.26 Å². The molecule has 3 rings (SSSR count). The Labute approximate surface area is 180 Å². The lowest BCUT2D eigenvalue weighted by Crippen LogP contribution is -2.47. The molecule has 1 saturated heterocycles. The number of hydrogen-bond acceptors (Lipinski definition) is 5. The second-order valence-electron chi connectivity index (χ2n) is 8.28. The zero-order valence-corrected chi connectivity index (χ0v) is 17.5. The Morgan fingerprint density at radius 2 is 1.87 bits per heavy atom. The molecule has 2 fully saturated rings. The highest BCUT2D eigenvalue weighted by molar-refractivity contribution is 5.78. The molecule has 31 heavy (non-hydrogen) atoms. The molecule has 1 N–H and O–H groups in total. The highest BCUT2D eigenvalue weighted by atomic mass is 19.4. The second kappa shape index (κ2) is 10.7. The van der Waals surface area contributed by atoms with Crippen LogP contribution in [0.2, 0.25) is 0 Å². The number of alkyl halides is 3. The molecule has 0 aromatic heterocycles. The molecule has 0 unspecified atom stereocenters. The Morgan fingerprint density at radius 1 is 1.16 bits per heavy atom. The monoisotopic (exact) mass is 438 g/mol. The fourth-order valence-corrected chi connectivity index (χ4v) is 4.42. The predicted octanol–water partition coefficient (Wildman–Crippen LogP) is 3.69. The van der Waals surface area contributed by atoms with Crippen LogP contribution in [0.25, 0.3) is 0 Å². The minimum Gasteiger partial charge on any atom is -0.406 e. The Kier molecular flexibility index (Phi) is 8.02. The number of anilines is 1. The van der Waals surface area contributed by atoms with E-state index in [-0.39, 0.29) is 24.1 Å². The maximum atomic E-state index is 12.4. The topological polar surface area (TPSA) is 68.6 Å². The van der Waals surface area contributed by atoms with E-state index < -0.39 is 6.36 Å². The Hall–Kier alpha value is -2.47. The van der Waals surface area contributed by atoms with E-state index in [2.05, 4.69) is 19.9 Å². The SMILES string of the molecule is N#CCC(=O)N[C@H]1CC[C@H](CCN2CCN(c3cccc(OC(F)(F)F)c3)CC2)CC1. The van der Waals surface area contributed by atoms with Crippen LogP contribution in [0.5, 0.6) is 5.75 Å². The van der Waals surface area contributed by atoms with Crippen molar-refractivity contribution in [1.82, 2.24) is 10.2 Å². The molecule has 2 aliphatic rings. The predicted molar refractivity (Wildman–Crippen MR) is 111 cm³/mol. The average Bonchev–Trinajstić information content (AvgIpc) is 2.73. The van der Waals surface area contributed by atoms with Gasteiger partial charge in [0.05, 0.1) is 6.07 Å². The van der Waals surface area contributed by atoms with Crippen LogP contribution in [0.3, 0.4) is 0 Å². The van der Waals surface area contributed by atoms with Crippen molar-refractivity contribution < 1.29 is 22.7 Å². The van der Waals surface area contributed by atoms with Gasteiger partial charge in [0.25, 0.3) is 0 Å². The Morgan fingerprint density at radius 3 is 2.52 bits per heavy atom. The maximum absolute atomic E-state index is 12.4. The van der Waals surface area contributed by atoms with Crippen LogP contribution in [0.15, 0.2) is 24.3 Å². The van der Waals surface area contributed by atoms with Gasteiger partial charge in [-0.05, 0) is 56.7 Å². The average molecular weight is 438 g/mol. The van der Waals surface area contributed by atoms with Gasteiger partial charge in [0.1, 0.15) is 12.2 Å². The number of carbonyl (C=O) groups excluding carboxylic acids is 1. The molecular weight excluding hydrogens is 409 g/mol. The number of rotatable bonds is 7. The number of piperazine rings is 1. The third kappa shape index (κ3) is 7.62. The fraction of sp³-hybridized carbons (Fsp3) is 0.636. The number of nitriles is 1. The molecule has 1 saturated carbocycles. The van der Waals surface area contributed by atoms with Crippen LogP contribution in [0.4, 0.5) is 18.9 Å². The van der Waals surface area contributed by atoms with Gasteiger partial charge in [-0.1, -0.05) is 6.07 Å². The third-order valence-electron chi connectivity index (χ3n) is 6.09. The highest BCUT2D eigenvalue weighted by Gasteiger charge is 2.31. The Bertz CT molecular complexity index is 765. The summed E-state index contributed by atoms with van der Waals surface area (Å²) in [4.78, 5) is 16.0. The molecule has 1 aromatic rings. The van der Waals surface area contributed by atoms with E-state index in [0.29, 0.717) is 5.92 Å². The summed E-state index contributed by atoms with van der Waals surface area (Å²) in [5, 5.41) is 11.5. The van der Waals surface area contributed by atoms with Crippen molar-refractivity contribution in [2.24, 2.45) is 5.92 Å². The van der Waals surface area contributed by atoms with E-state index in [9.17, 15) is 18.0 Å². The van der Waals surface area contributed by atoms with Crippen LogP contribution in [-0.2, 0) is 4.79 Å². The normalized spacial score (nSPS) is 22.6. The Balaban J connectivity index is 1.36. The van der Waals surface area contributed by atoms with Gasteiger partial charge in [0, 0.05) is 44.0 Å². The van der Waals surface area contributed by atoms with Crippen molar-refractivity contribution >= 4 is 11.6 Å². The highest BCUT2D eigenvalue weighted by Crippen LogP contribution is 2.29. The first-order valence-corrected chi connectivity index (χ1v) is 10.8. The summed E-state index contributed by atoms with van der Waals surface area (Å²) in [6.07, 6.45) is 0.461. The summed E-state index contributed by atoms with van der Waals surface area (Å²) in [7, 11) is 0. The number of nitrogens with zero attached hydrogens (tertiary/aromatic N) is 3. The van der Waals surface area contributed by atoms with E-state index >= 15 is 0 Å². The molecular formula is C22H29F3N4O2. The van der Waals surface area contributed by atoms with E-state index in [1.165, 1.54) is 12.1 Å². The van der Waals surface area contributed by atoms with Gasteiger partial charge in [-0.2, -0.15) is 5.26 Å². The van der Waals surface area contributed by atoms with E-state index in [0.717, 1.165) is 70.5 Å². The number of amides is 1. The largest absolute Gasteiger partial charge is 0.573 e. The molecule has 0 atom stereocenters. The van der Waals surface area contributed by atoms with Gasteiger partial charge < -0.3 is 15.0 Å². The summed E-state index contributed by atoms with van der Waals surface area (Å²) in [6, 6.07) is 8.22. The van der Waals surface area contributed by atoms with Crippen molar-refractivity contribution in [3.63, 3.8) is 0 Å². The first kappa shape index (κ1) is 23.2. The summed E-state index contributed by atoms with van der Waals surface area (Å²) in [5.41, 5.74) is 0.748. The summed E-state index contributed by atoms with van der Waals surface area (Å²) >= 11 is 0. The van der Waals surface area contributed by atoms with Gasteiger partial charge in [-0.15, -0.1) is 13.2 Å². The number of halogens is 3. The molecule has 1 aliphatic heterocycles. The van der Waals surface area contributed by atoms with Crippen LogP contribution in [-0.4, -0.2) is 55.9 Å². The quantitative estimate of drug-likeness (QED) is 0.703. The molecule has 1 aromatic carbocycles. The van der Waals surface area contributed by atoms with Crippen LogP contribution in [0, 0.1) is 17.2 Å². The molecule has 0 radical (unpaired) electrons. The lowest BCUT2D eigenvalue weighted by molar-refractivity contribution is -0.274. The summed E-state index contributed by atoms with van der Waals surface area (Å²) in [6.45, 7) is 4.31. The zero-order valence-electron chi connectivity index (χ0n) is 17.5. The van der Waals surface area contributed by atoms with E-state index in [1.54, 1.807) is 6.07 Å². The van der Waals surface area contributed by atoms with Crippen molar-refractivity contribution in [1.29, 1.82) is 5.26 Å². The summed E-state index contributed by atoms with van der Waals surface area (Å²) < 4.78 is 41.3. The summed E-state index contributed by atoms with van der Waals surface area (Å²) in [5.74, 6) is 0.282. The minimum atomic E-state index is -4.68. The minimum absolute atomic E-state index is 0.0778. The second-order valence-corrected chi connectivity index (χ2v) is 8.28. The van der Waals surface area contributed by atoms with Crippen LogP contribution in [0.1, 0.15) is 38.5 Å². The number of nitrogens with one attached hydrogen (secondary N) is 1. The lowest BCUT2D eigenvalue weighted by Gasteiger charge is -2.37. The molecule has 1 heterocycles. The van der Waals surface area contributed by atoms with Crippen molar-refractivity contribution in [2.75, 3.05) is 37.6 Å². The van der Waals surface area contributed by atoms with Crippen molar-refractivity contribution in [3.8, 4) is 11.8 Å². The van der Waals surface area contributed by atoms with Gasteiger partial charge in [0.15, 0.2) is 0 Å². The first-order chi connectivity index (χ1) is 14.8. The molecule has 0 bridgehead atoms. The molecule has 9 heteroatoms.